The van der Waals surface area contributed by atoms with E-state index >= 15 is 0 Å². The first-order valence-corrected chi connectivity index (χ1v) is 7.64. The highest BCUT2D eigenvalue weighted by molar-refractivity contribution is 7.07. The molecule has 6 heteroatoms. The molecular weight excluding hydrogens is 262 g/mol. The molecule has 0 saturated carbocycles. The van der Waals surface area contributed by atoms with Crippen molar-refractivity contribution >= 4 is 23.2 Å². The van der Waals surface area contributed by atoms with E-state index < -0.39 is 0 Å². The van der Waals surface area contributed by atoms with Crippen molar-refractivity contribution in [3.05, 3.63) is 16.6 Å². The average Bonchev–Trinajstić information content (AvgIpc) is 3.07. The van der Waals surface area contributed by atoms with Gasteiger partial charge in [-0.05, 0) is 19.3 Å². The normalized spacial score (nSPS) is 27.0. The Balaban J connectivity index is 1.87. The van der Waals surface area contributed by atoms with Gasteiger partial charge in [0.2, 0.25) is 11.8 Å². The van der Waals surface area contributed by atoms with E-state index in [1.807, 2.05) is 12.3 Å². The zero-order valence-electron chi connectivity index (χ0n) is 10.9. The molecule has 2 aliphatic heterocycles. The van der Waals surface area contributed by atoms with Gasteiger partial charge in [0, 0.05) is 11.9 Å². The smallest absolute Gasteiger partial charge is 0.246 e. The maximum Gasteiger partial charge on any atom is 0.246 e. The van der Waals surface area contributed by atoms with Crippen LogP contribution in [0, 0.1) is 0 Å². The highest BCUT2D eigenvalue weighted by Gasteiger charge is 2.46. The summed E-state index contributed by atoms with van der Waals surface area (Å²) in [6.07, 6.45) is 2.40. The van der Waals surface area contributed by atoms with Gasteiger partial charge < -0.3 is 9.80 Å². The number of amides is 2. The summed E-state index contributed by atoms with van der Waals surface area (Å²) < 4.78 is 0. The first-order chi connectivity index (χ1) is 9.22. The number of hydrogen-bond acceptors (Lipinski definition) is 4. The Morgan fingerprint density at radius 3 is 2.95 bits per heavy atom. The van der Waals surface area contributed by atoms with E-state index in [-0.39, 0.29) is 23.9 Å². The molecule has 0 bridgehead atoms. The Hall–Kier alpha value is -1.43. The summed E-state index contributed by atoms with van der Waals surface area (Å²) >= 11 is 1.51. The number of hydrogen-bond donors (Lipinski definition) is 0. The second-order valence-corrected chi connectivity index (χ2v) is 5.78. The zero-order valence-corrected chi connectivity index (χ0v) is 11.7. The van der Waals surface area contributed by atoms with Crippen LogP contribution in [0.5, 0.6) is 0 Å². The molecule has 19 heavy (non-hydrogen) atoms. The maximum absolute atomic E-state index is 12.6. The maximum atomic E-state index is 12.6. The number of carbonyl (C=O) groups excluding carboxylic acids is 2. The van der Waals surface area contributed by atoms with Crippen LogP contribution >= 0.6 is 11.3 Å². The Bertz CT molecular complexity index is 488. The van der Waals surface area contributed by atoms with Gasteiger partial charge in [-0.1, -0.05) is 6.92 Å². The highest BCUT2D eigenvalue weighted by atomic mass is 32.1. The minimum absolute atomic E-state index is 0.0944. The van der Waals surface area contributed by atoms with Gasteiger partial charge in [-0.3, -0.25) is 9.59 Å². The number of aromatic nitrogens is 1. The Morgan fingerprint density at radius 1 is 1.42 bits per heavy atom. The van der Waals surface area contributed by atoms with Crippen molar-refractivity contribution in [3.63, 3.8) is 0 Å². The summed E-state index contributed by atoms with van der Waals surface area (Å²) in [5.41, 5.74) is 2.63. The van der Waals surface area contributed by atoms with Crippen molar-refractivity contribution < 1.29 is 9.59 Å². The monoisotopic (exact) mass is 279 g/mol. The van der Waals surface area contributed by atoms with E-state index in [1.165, 1.54) is 11.3 Å². The van der Waals surface area contributed by atoms with E-state index in [1.54, 1.807) is 15.3 Å². The van der Waals surface area contributed by atoms with E-state index in [0.717, 1.165) is 25.1 Å². The number of fused-ring (bicyclic) bond motifs is 1. The molecule has 2 fully saturated rings. The lowest BCUT2D eigenvalue weighted by Crippen LogP contribution is -2.62. The van der Waals surface area contributed by atoms with Crippen molar-refractivity contribution in [1.29, 1.82) is 0 Å². The van der Waals surface area contributed by atoms with Gasteiger partial charge in [0.05, 0.1) is 17.7 Å². The van der Waals surface area contributed by atoms with Crippen molar-refractivity contribution in [1.82, 2.24) is 14.8 Å². The van der Waals surface area contributed by atoms with Gasteiger partial charge in [0.1, 0.15) is 12.1 Å². The third-order valence-corrected chi connectivity index (χ3v) is 4.60. The molecule has 1 aromatic rings. The summed E-state index contributed by atoms with van der Waals surface area (Å²) in [6.45, 7) is 3.15. The van der Waals surface area contributed by atoms with E-state index in [2.05, 4.69) is 4.98 Å². The van der Waals surface area contributed by atoms with Crippen molar-refractivity contribution in [2.24, 2.45) is 0 Å². The molecular formula is C13H17N3O2S. The van der Waals surface area contributed by atoms with Gasteiger partial charge in [-0.2, -0.15) is 0 Å². The zero-order chi connectivity index (χ0) is 13.4. The number of nitrogens with zero attached hydrogens (tertiary/aromatic N) is 3. The second kappa shape index (κ2) is 4.92. The Labute approximate surface area is 116 Å². The first-order valence-electron chi connectivity index (χ1n) is 6.70. The van der Waals surface area contributed by atoms with E-state index in [0.29, 0.717) is 13.0 Å². The predicted octanol–water partition coefficient (Wildman–Crippen LogP) is 1.25. The van der Waals surface area contributed by atoms with Crippen LogP contribution in [0.2, 0.25) is 0 Å². The molecule has 2 atom stereocenters. The predicted molar refractivity (Wildman–Crippen MR) is 71.5 cm³/mol. The van der Waals surface area contributed by atoms with E-state index in [9.17, 15) is 9.59 Å². The summed E-state index contributed by atoms with van der Waals surface area (Å²) in [5, 5.41) is 1.94. The Kier molecular flexibility index (Phi) is 3.26. The molecule has 2 amide bonds. The number of thiazole rings is 1. The standard InChI is InChI=1S/C13H17N3O2S/c1-2-10-12(17)15-5-3-4-11(15)13(18)16(10)6-9-7-19-8-14-9/h7-8,10-11H,2-6H2,1H3. The molecule has 0 spiro atoms. The molecule has 2 saturated heterocycles. The molecule has 0 aliphatic carbocycles. The second-order valence-electron chi connectivity index (χ2n) is 5.06. The summed E-state index contributed by atoms with van der Waals surface area (Å²) in [4.78, 5) is 32.7. The van der Waals surface area contributed by atoms with Crippen LogP contribution in [-0.4, -0.2) is 45.2 Å². The largest absolute Gasteiger partial charge is 0.329 e. The van der Waals surface area contributed by atoms with Gasteiger partial charge in [0.15, 0.2) is 0 Å². The molecule has 5 nitrogen and oxygen atoms in total. The summed E-state index contributed by atoms with van der Waals surface area (Å²) in [5.74, 6) is 0.205. The van der Waals surface area contributed by atoms with Crippen LogP contribution in [0.25, 0.3) is 0 Å². The summed E-state index contributed by atoms with van der Waals surface area (Å²) in [6, 6.07) is -0.544. The van der Waals surface area contributed by atoms with Crippen molar-refractivity contribution in [3.8, 4) is 0 Å². The highest BCUT2D eigenvalue weighted by Crippen LogP contribution is 2.29. The number of rotatable bonds is 3. The number of piperazine rings is 1. The fourth-order valence-corrected chi connectivity index (χ4v) is 3.58. The fraction of sp³-hybridized carbons (Fsp3) is 0.615. The molecule has 0 N–H and O–H groups in total. The summed E-state index contributed by atoms with van der Waals surface area (Å²) in [7, 11) is 0. The molecule has 0 aromatic carbocycles. The Morgan fingerprint density at radius 2 is 2.26 bits per heavy atom. The topological polar surface area (TPSA) is 53.5 Å². The van der Waals surface area contributed by atoms with Crippen molar-refractivity contribution in [2.75, 3.05) is 6.54 Å². The average molecular weight is 279 g/mol. The van der Waals surface area contributed by atoms with Crippen LogP contribution in [0.1, 0.15) is 31.9 Å². The van der Waals surface area contributed by atoms with Gasteiger partial charge in [-0.15, -0.1) is 11.3 Å². The lowest BCUT2D eigenvalue weighted by molar-refractivity contribution is -0.160. The van der Waals surface area contributed by atoms with Crippen LogP contribution in [0.3, 0.4) is 0 Å². The molecule has 3 rings (SSSR count). The van der Waals surface area contributed by atoms with Crippen LogP contribution in [0.4, 0.5) is 0 Å². The lowest BCUT2D eigenvalue weighted by Gasteiger charge is -2.41. The van der Waals surface area contributed by atoms with Crippen LogP contribution < -0.4 is 0 Å². The number of carbonyl (C=O) groups is 2. The first kappa shape index (κ1) is 12.6. The van der Waals surface area contributed by atoms with Gasteiger partial charge >= 0.3 is 0 Å². The molecule has 2 unspecified atom stereocenters. The third kappa shape index (κ3) is 2.04. The molecule has 1 aromatic heterocycles. The lowest BCUT2D eigenvalue weighted by atomic mass is 10.0. The third-order valence-electron chi connectivity index (χ3n) is 3.97. The van der Waals surface area contributed by atoms with Crippen molar-refractivity contribution in [2.45, 2.75) is 44.8 Å². The van der Waals surface area contributed by atoms with Gasteiger partial charge in [-0.25, -0.2) is 4.98 Å². The van der Waals surface area contributed by atoms with Crippen LogP contribution in [-0.2, 0) is 16.1 Å². The van der Waals surface area contributed by atoms with Gasteiger partial charge in [0.25, 0.3) is 0 Å². The molecule has 102 valence electrons. The SMILES string of the molecule is CCC1C(=O)N2CCCC2C(=O)N1Cc1cscn1. The molecule has 3 heterocycles. The minimum Gasteiger partial charge on any atom is -0.329 e. The fourth-order valence-electron chi connectivity index (χ4n) is 3.03. The minimum atomic E-state index is -0.316. The van der Waals surface area contributed by atoms with E-state index in [4.69, 9.17) is 0 Å². The molecule has 2 aliphatic rings. The molecule has 0 radical (unpaired) electrons. The quantitative estimate of drug-likeness (QED) is 0.837. The van der Waals surface area contributed by atoms with Crippen LogP contribution in [0.15, 0.2) is 10.9 Å².